The maximum absolute atomic E-state index is 13.5. The summed E-state index contributed by atoms with van der Waals surface area (Å²) in [7, 11) is -4.05. The number of rotatable bonds is 6. The van der Waals surface area contributed by atoms with Gasteiger partial charge in [0, 0.05) is 13.1 Å². The second-order valence-corrected chi connectivity index (χ2v) is 11.0. The Bertz CT molecular complexity index is 1410. The third-order valence-electron chi connectivity index (χ3n) is 6.33. The Balaban J connectivity index is 1.48. The molecule has 8 heteroatoms. The van der Waals surface area contributed by atoms with Crippen molar-refractivity contribution in [1.29, 1.82) is 0 Å². The smallest absolute Gasteiger partial charge is 0.236 e. The zero-order chi connectivity index (χ0) is 24.4. The van der Waals surface area contributed by atoms with Crippen molar-refractivity contribution in [2.75, 3.05) is 18.0 Å². The van der Waals surface area contributed by atoms with E-state index in [4.69, 9.17) is 16.0 Å². The summed E-state index contributed by atoms with van der Waals surface area (Å²) in [6.45, 7) is 1.28. The first kappa shape index (κ1) is 23.6. The lowest BCUT2D eigenvalue weighted by atomic mass is 9.90. The van der Waals surface area contributed by atoms with Crippen molar-refractivity contribution in [1.82, 2.24) is 4.98 Å². The van der Waals surface area contributed by atoms with Gasteiger partial charge in [0.25, 0.3) is 0 Å². The first-order chi connectivity index (χ1) is 16.9. The third-order valence-corrected chi connectivity index (χ3v) is 8.33. The number of sulfone groups is 1. The van der Waals surface area contributed by atoms with Gasteiger partial charge >= 0.3 is 0 Å². The van der Waals surface area contributed by atoms with Crippen molar-refractivity contribution in [2.45, 2.75) is 29.2 Å². The van der Waals surface area contributed by atoms with Crippen LogP contribution >= 0.6 is 11.6 Å². The minimum Gasteiger partial charge on any atom is -0.419 e. The van der Waals surface area contributed by atoms with Crippen LogP contribution in [0.1, 0.15) is 18.4 Å². The van der Waals surface area contributed by atoms with Crippen LogP contribution in [-0.4, -0.2) is 26.5 Å². The Morgan fingerprint density at radius 1 is 0.943 bits per heavy atom. The van der Waals surface area contributed by atoms with Crippen molar-refractivity contribution < 1.29 is 17.2 Å². The Labute approximate surface area is 209 Å². The van der Waals surface area contributed by atoms with Gasteiger partial charge in [-0.05, 0) is 67.1 Å². The SMILES string of the molecule is O=S(=O)(c1ccc(F)cc1)c1nc(-c2ccccc2Cl)oc1N1CCC(Cc2ccccc2)CC1. The van der Waals surface area contributed by atoms with Crippen LogP contribution in [0, 0.1) is 11.7 Å². The van der Waals surface area contributed by atoms with Gasteiger partial charge in [-0.2, -0.15) is 4.98 Å². The number of aromatic nitrogens is 1. The summed E-state index contributed by atoms with van der Waals surface area (Å²) in [6.07, 6.45) is 2.77. The van der Waals surface area contributed by atoms with Crippen LogP contribution in [0.5, 0.6) is 0 Å². The number of anilines is 1. The number of halogens is 2. The molecule has 0 bridgehead atoms. The maximum atomic E-state index is 13.5. The van der Waals surface area contributed by atoms with Crippen LogP contribution in [0.3, 0.4) is 0 Å². The molecule has 5 nitrogen and oxygen atoms in total. The molecular formula is C27H24ClFN2O3S. The minimum atomic E-state index is -4.05. The molecule has 1 aliphatic heterocycles. The number of hydrogen-bond donors (Lipinski definition) is 0. The van der Waals surface area contributed by atoms with E-state index in [1.165, 1.54) is 17.7 Å². The van der Waals surface area contributed by atoms with E-state index >= 15 is 0 Å². The van der Waals surface area contributed by atoms with Crippen molar-refractivity contribution in [3.05, 3.63) is 95.3 Å². The molecule has 4 aromatic rings. The predicted octanol–water partition coefficient (Wildman–Crippen LogP) is 6.43. The second kappa shape index (κ2) is 9.84. The summed E-state index contributed by atoms with van der Waals surface area (Å²) in [5.74, 6) is 0.318. The maximum Gasteiger partial charge on any atom is 0.236 e. The van der Waals surface area contributed by atoms with Crippen molar-refractivity contribution in [3.8, 4) is 11.5 Å². The molecule has 180 valence electrons. The van der Waals surface area contributed by atoms with E-state index in [2.05, 4.69) is 17.1 Å². The number of benzene rings is 3. The van der Waals surface area contributed by atoms with Gasteiger partial charge in [-0.25, -0.2) is 12.8 Å². The van der Waals surface area contributed by atoms with Crippen LogP contribution in [0.4, 0.5) is 10.3 Å². The lowest BCUT2D eigenvalue weighted by molar-refractivity contribution is 0.387. The fraction of sp³-hybridized carbons (Fsp3) is 0.222. The van der Waals surface area contributed by atoms with Crippen molar-refractivity contribution in [3.63, 3.8) is 0 Å². The molecule has 1 fully saturated rings. The summed E-state index contributed by atoms with van der Waals surface area (Å²) >= 11 is 6.35. The zero-order valence-corrected chi connectivity index (χ0v) is 20.5. The Morgan fingerprint density at radius 2 is 1.60 bits per heavy atom. The zero-order valence-electron chi connectivity index (χ0n) is 18.9. The fourth-order valence-electron chi connectivity index (χ4n) is 4.44. The summed E-state index contributed by atoms with van der Waals surface area (Å²) in [4.78, 5) is 6.29. The lowest BCUT2D eigenvalue weighted by Gasteiger charge is -2.32. The van der Waals surface area contributed by atoms with E-state index in [-0.39, 0.29) is 21.7 Å². The molecule has 35 heavy (non-hydrogen) atoms. The molecule has 0 amide bonds. The molecule has 0 atom stereocenters. The average Bonchev–Trinajstić information content (AvgIpc) is 3.32. The molecule has 0 unspecified atom stereocenters. The van der Waals surface area contributed by atoms with Gasteiger partial charge in [0.2, 0.25) is 26.6 Å². The van der Waals surface area contributed by atoms with Gasteiger partial charge in [-0.3, -0.25) is 0 Å². The largest absolute Gasteiger partial charge is 0.419 e. The van der Waals surface area contributed by atoms with Gasteiger partial charge in [0.1, 0.15) is 5.82 Å². The van der Waals surface area contributed by atoms with E-state index in [0.717, 1.165) is 31.4 Å². The minimum absolute atomic E-state index is 0.0434. The van der Waals surface area contributed by atoms with E-state index in [1.54, 1.807) is 24.3 Å². The number of hydrogen-bond acceptors (Lipinski definition) is 5. The molecule has 3 aromatic carbocycles. The van der Waals surface area contributed by atoms with Gasteiger partial charge in [0.05, 0.1) is 15.5 Å². The molecule has 0 aliphatic carbocycles. The lowest BCUT2D eigenvalue weighted by Crippen LogP contribution is -2.34. The molecule has 0 spiro atoms. The molecule has 0 N–H and O–H groups in total. The van der Waals surface area contributed by atoms with Crippen LogP contribution in [0.15, 0.2) is 93.2 Å². The highest BCUT2D eigenvalue weighted by atomic mass is 35.5. The van der Waals surface area contributed by atoms with Gasteiger partial charge in [-0.1, -0.05) is 54.1 Å². The highest BCUT2D eigenvalue weighted by molar-refractivity contribution is 7.91. The molecular weight excluding hydrogens is 487 g/mol. The summed E-state index contributed by atoms with van der Waals surface area (Å²) in [6, 6.07) is 22.1. The Hall–Kier alpha value is -3.16. The van der Waals surface area contributed by atoms with Crippen LogP contribution in [0.2, 0.25) is 5.02 Å². The standard InChI is InChI=1S/C27H24ClFN2O3S/c28-24-9-5-4-8-23(24)25-30-26(35(32,33)22-12-10-21(29)11-13-22)27(34-25)31-16-14-20(15-17-31)18-19-6-2-1-3-7-19/h1-13,20H,14-18H2. The van der Waals surface area contributed by atoms with Gasteiger partial charge in [0.15, 0.2) is 0 Å². The Morgan fingerprint density at radius 3 is 2.29 bits per heavy atom. The molecule has 0 saturated carbocycles. The molecule has 1 aromatic heterocycles. The van der Waals surface area contributed by atoms with Crippen molar-refractivity contribution in [2.24, 2.45) is 5.92 Å². The number of nitrogens with zero attached hydrogens (tertiary/aromatic N) is 2. The monoisotopic (exact) mass is 510 g/mol. The first-order valence-corrected chi connectivity index (χ1v) is 13.3. The van der Waals surface area contributed by atoms with Crippen molar-refractivity contribution >= 4 is 27.3 Å². The summed E-state index contributed by atoms with van der Waals surface area (Å²) < 4.78 is 46.6. The fourth-order valence-corrected chi connectivity index (χ4v) is 5.97. The van der Waals surface area contributed by atoms with Crippen LogP contribution in [0.25, 0.3) is 11.5 Å². The molecule has 5 rings (SSSR count). The quantitative estimate of drug-likeness (QED) is 0.280. The predicted molar refractivity (Wildman–Crippen MR) is 134 cm³/mol. The molecule has 0 radical (unpaired) electrons. The molecule has 1 aliphatic rings. The number of piperidine rings is 1. The highest BCUT2D eigenvalue weighted by Gasteiger charge is 2.33. The van der Waals surface area contributed by atoms with Gasteiger partial charge in [-0.15, -0.1) is 0 Å². The van der Waals surface area contributed by atoms with Gasteiger partial charge < -0.3 is 9.32 Å². The summed E-state index contributed by atoms with van der Waals surface area (Å²) in [5, 5.41) is 0.230. The highest BCUT2D eigenvalue weighted by Crippen LogP contribution is 2.38. The van der Waals surface area contributed by atoms with E-state index in [1.807, 2.05) is 23.1 Å². The molecule has 1 saturated heterocycles. The average molecular weight is 511 g/mol. The second-order valence-electron chi connectivity index (χ2n) is 8.69. The van der Waals surface area contributed by atoms with E-state index in [9.17, 15) is 12.8 Å². The van der Waals surface area contributed by atoms with E-state index in [0.29, 0.717) is 29.6 Å². The molecule has 2 heterocycles. The van der Waals surface area contributed by atoms with Crippen LogP contribution in [-0.2, 0) is 16.3 Å². The third kappa shape index (κ3) is 4.97. The van der Waals surface area contributed by atoms with E-state index < -0.39 is 15.7 Å². The normalized spacial score (nSPS) is 14.9. The van der Waals surface area contributed by atoms with Crippen LogP contribution < -0.4 is 4.90 Å². The summed E-state index contributed by atoms with van der Waals surface area (Å²) in [5.41, 5.74) is 1.81. The first-order valence-electron chi connectivity index (χ1n) is 11.5. The number of oxazole rings is 1. The topological polar surface area (TPSA) is 63.4 Å². The Kier molecular flexibility index (Phi) is 6.62.